The van der Waals surface area contributed by atoms with Crippen LogP contribution in [-0.2, 0) is 5.41 Å². The van der Waals surface area contributed by atoms with Crippen LogP contribution >= 0.6 is 0 Å². The summed E-state index contributed by atoms with van der Waals surface area (Å²) in [4.78, 5) is 0. The average Bonchev–Trinajstić information content (AvgIpc) is 2.93. The lowest BCUT2D eigenvalue weighted by molar-refractivity contribution is 0.474. The Bertz CT molecular complexity index is 783. The number of nitrogens with zero attached hydrogens (tertiary/aromatic N) is 2. The second-order valence-corrected chi connectivity index (χ2v) is 6.47. The number of hydrogen-bond acceptors (Lipinski definition) is 2. The highest BCUT2D eigenvalue weighted by molar-refractivity contribution is 5.67. The van der Waals surface area contributed by atoms with Crippen LogP contribution in [0.5, 0.6) is 5.75 Å². The first-order valence-electron chi connectivity index (χ1n) is 7.40. The summed E-state index contributed by atoms with van der Waals surface area (Å²) in [5, 5.41) is 14.5. The van der Waals surface area contributed by atoms with Gasteiger partial charge in [0.1, 0.15) is 5.75 Å². The molecule has 1 heterocycles. The van der Waals surface area contributed by atoms with Gasteiger partial charge >= 0.3 is 0 Å². The zero-order valence-electron chi connectivity index (χ0n) is 13.1. The van der Waals surface area contributed by atoms with Crippen LogP contribution in [0.15, 0.2) is 60.8 Å². The molecule has 3 rings (SSSR count). The van der Waals surface area contributed by atoms with Crippen molar-refractivity contribution in [1.82, 2.24) is 9.78 Å². The van der Waals surface area contributed by atoms with Gasteiger partial charge in [0.25, 0.3) is 0 Å². The van der Waals surface area contributed by atoms with Gasteiger partial charge in [0.15, 0.2) is 0 Å². The molecule has 3 aromatic rings. The Balaban J connectivity index is 2.18. The molecule has 0 spiro atoms. The molecule has 1 aromatic heterocycles. The first-order valence-corrected chi connectivity index (χ1v) is 7.40. The second-order valence-electron chi connectivity index (χ2n) is 6.47. The standard InChI is InChI=1S/C19H20N2O/c1-19(2,3)18-17(14-8-5-4-6-9-14)13-21(20-18)15-10-7-11-16(22)12-15/h4-13,22H,1-3H3. The molecule has 0 radical (unpaired) electrons. The monoisotopic (exact) mass is 292 g/mol. The fourth-order valence-corrected chi connectivity index (χ4v) is 2.52. The van der Waals surface area contributed by atoms with Gasteiger partial charge in [0, 0.05) is 23.2 Å². The molecule has 0 saturated heterocycles. The van der Waals surface area contributed by atoms with E-state index < -0.39 is 0 Å². The van der Waals surface area contributed by atoms with Crippen LogP contribution in [0.25, 0.3) is 16.8 Å². The molecule has 2 aromatic carbocycles. The fraction of sp³-hybridized carbons (Fsp3) is 0.211. The van der Waals surface area contributed by atoms with Crippen LogP contribution in [0.4, 0.5) is 0 Å². The molecule has 0 saturated carbocycles. The number of rotatable bonds is 2. The van der Waals surface area contributed by atoms with Crippen LogP contribution in [-0.4, -0.2) is 14.9 Å². The summed E-state index contributed by atoms with van der Waals surface area (Å²) < 4.78 is 1.84. The van der Waals surface area contributed by atoms with Gasteiger partial charge in [-0.2, -0.15) is 5.10 Å². The van der Waals surface area contributed by atoms with Crippen LogP contribution in [0.3, 0.4) is 0 Å². The van der Waals surface area contributed by atoms with E-state index in [1.807, 2.05) is 41.2 Å². The summed E-state index contributed by atoms with van der Waals surface area (Å²) in [6.07, 6.45) is 2.03. The maximum absolute atomic E-state index is 9.69. The number of phenols is 1. The van der Waals surface area contributed by atoms with E-state index in [-0.39, 0.29) is 11.2 Å². The van der Waals surface area contributed by atoms with Crippen molar-refractivity contribution in [2.75, 3.05) is 0 Å². The SMILES string of the molecule is CC(C)(C)c1nn(-c2cccc(O)c2)cc1-c1ccccc1. The van der Waals surface area contributed by atoms with E-state index in [1.165, 1.54) is 0 Å². The third-order valence-electron chi connectivity index (χ3n) is 3.60. The largest absolute Gasteiger partial charge is 0.508 e. The number of benzene rings is 2. The fourth-order valence-electron chi connectivity index (χ4n) is 2.52. The number of hydrogen-bond donors (Lipinski definition) is 1. The number of aromatic nitrogens is 2. The van der Waals surface area contributed by atoms with Crippen LogP contribution in [0.1, 0.15) is 26.5 Å². The molecule has 0 fully saturated rings. The van der Waals surface area contributed by atoms with Gasteiger partial charge in [-0.1, -0.05) is 57.2 Å². The molecule has 0 amide bonds. The van der Waals surface area contributed by atoms with Crippen molar-refractivity contribution in [1.29, 1.82) is 0 Å². The van der Waals surface area contributed by atoms with E-state index in [2.05, 4.69) is 32.9 Å². The molecular formula is C19H20N2O. The van der Waals surface area contributed by atoms with Crippen LogP contribution in [0, 0.1) is 0 Å². The van der Waals surface area contributed by atoms with E-state index in [0.717, 1.165) is 22.5 Å². The average molecular weight is 292 g/mol. The van der Waals surface area contributed by atoms with Crippen LogP contribution in [0.2, 0.25) is 0 Å². The van der Waals surface area contributed by atoms with Crippen molar-refractivity contribution in [3.63, 3.8) is 0 Å². The van der Waals surface area contributed by atoms with Gasteiger partial charge in [0.2, 0.25) is 0 Å². The Morgan fingerprint density at radius 1 is 0.955 bits per heavy atom. The van der Waals surface area contributed by atoms with Gasteiger partial charge in [-0.15, -0.1) is 0 Å². The van der Waals surface area contributed by atoms with Crippen molar-refractivity contribution in [2.45, 2.75) is 26.2 Å². The molecule has 3 heteroatoms. The summed E-state index contributed by atoms with van der Waals surface area (Å²) >= 11 is 0. The van der Waals surface area contributed by atoms with E-state index >= 15 is 0 Å². The lowest BCUT2D eigenvalue weighted by Crippen LogP contribution is -2.14. The maximum Gasteiger partial charge on any atom is 0.117 e. The van der Waals surface area contributed by atoms with Gasteiger partial charge in [-0.05, 0) is 17.7 Å². The minimum absolute atomic E-state index is 0.0623. The Labute approximate surface area is 130 Å². The van der Waals surface area contributed by atoms with Crippen molar-refractivity contribution in [3.05, 3.63) is 66.5 Å². The minimum Gasteiger partial charge on any atom is -0.508 e. The van der Waals surface area contributed by atoms with E-state index in [1.54, 1.807) is 12.1 Å². The zero-order valence-corrected chi connectivity index (χ0v) is 13.1. The summed E-state index contributed by atoms with van der Waals surface area (Å²) in [7, 11) is 0. The summed E-state index contributed by atoms with van der Waals surface area (Å²) in [6, 6.07) is 17.4. The Morgan fingerprint density at radius 3 is 2.32 bits per heavy atom. The molecule has 3 nitrogen and oxygen atoms in total. The van der Waals surface area contributed by atoms with E-state index in [0.29, 0.717) is 0 Å². The molecule has 0 bridgehead atoms. The second kappa shape index (κ2) is 5.34. The van der Waals surface area contributed by atoms with Crippen molar-refractivity contribution in [3.8, 4) is 22.6 Å². The first-order chi connectivity index (χ1) is 10.4. The molecule has 1 N–H and O–H groups in total. The van der Waals surface area contributed by atoms with Gasteiger partial charge in [-0.25, -0.2) is 4.68 Å². The molecule has 0 aliphatic heterocycles. The molecule has 0 atom stereocenters. The van der Waals surface area contributed by atoms with Crippen LogP contribution < -0.4 is 0 Å². The molecule has 0 aliphatic carbocycles. The first kappa shape index (κ1) is 14.4. The normalized spacial score (nSPS) is 11.6. The molecular weight excluding hydrogens is 272 g/mol. The minimum atomic E-state index is -0.0623. The third-order valence-corrected chi connectivity index (χ3v) is 3.60. The highest BCUT2D eigenvalue weighted by atomic mass is 16.3. The highest BCUT2D eigenvalue weighted by Crippen LogP contribution is 2.33. The predicted molar refractivity (Wildman–Crippen MR) is 89.4 cm³/mol. The van der Waals surface area contributed by atoms with Gasteiger partial charge in [0.05, 0.1) is 11.4 Å². The Kier molecular flexibility index (Phi) is 3.49. The number of phenolic OH excluding ortho intramolecular Hbond substituents is 1. The Hall–Kier alpha value is -2.55. The van der Waals surface area contributed by atoms with Gasteiger partial charge in [-0.3, -0.25) is 0 Å². The smallest absolute Gasteiger partial charge is 0.117 e. The quantitative estimate of drug-likeness (QED) is 0.753. The van der Waals surface area contributed by atoms with E-state index in [9.17, 15) is 5.11 Å². The highest BCUT2D eigenvalue weighted by Gasteiger charge is 2.23. The topological polar surface area (TPSA) is 38.0 Å². The third kappa shape index (κ3) is 2.75. The Morgan fingerprint density at radius 2 is 1.68 bits per heavy atom. The summed E-state index contributed by atoms with van der Waals surface area (Å²) in [6.45, 7) is 6.48. The van der Waals surface area contributed by atoms with E-state index in [4.69, 9.17) is 5.10 Å². The maximum atomic E-state index is 9.69. The lowest BCUT2D eigenvalue weighted by Gasteiger charge is -2.17. The molecule has 112 valence electrons. The lowest BCUT2D eigenvalue weighted by atomic mass is 9.87. The van der Waals surface area contributed by atoms with Gasteiger partial charge < -0.3 is 5.11 Å². The zero-order chi connectivity index (χ0) is 15.7. The number of aromatic hydroxyl groups is 1. The van der Waals surface area contributed by atoms with Crippen molar-refractivity contribution in [2.24, 2.45) is 0 Å². The molecule has 22 heavy (non-hydrogen) atoms. The van der Waals surface area contributed by atoms with Crippen molar-refractivity contribution < 1.29 is 5.11 Å². The molecule has 0 unspecified atom stereocenters. The molecule has 0 aliphatic rings. The predicted octanol–water partition coefficient (Wildman–Crippen LogP) is 4.54. The van der Waals surface area contributed by atoms with Crippen molar-refractivity contribution >= 4 is 0 Å². The summed E-state index contributed by atoms with van der Waals surface area (Å²) in [5.41, 5.74) is 4.11. The summed E-state index contributed by atoms with van der Waals surface area (Å²) in [5.74, 6) is 0.242.